The number of esters is 1. The summed E-state index contributed by atoms with van der Waals surface area (Å²) in [6.45, 7) is 0.279. The fourth-order valence-electron chi connectivity index (χ4n) is 3.26. The van der Waals surface area contributed by atoms with Gasteiger partial charge in [-0.2, -0.15) is 5.10 Å². The fourth-order valence-corrected chi connectivity index (χ4v) is 3.80. The van der Waals surface area contributed by atoms with Gasteiger partial charge in [0.15, 0.2) is 6.61 Å². The van der Waals surface area contributed by atoms with E-state index < -0.39 is 5.97 Å². The van der Waals surface area contributed by atoms with E-state index in [1.165, 1.54) is 7.11 Å². The molecule has 4 aromatic rings. The molecule has 2 aromatic carbocycles. The highest BCUT2D eigenvalue weighted by atomic mass is 127. The lowest BCUT2D eigenvalue weighted by atomic mass is 10.2. The largest absolute Gasteiger partial charge is 0.483 e. The zero-order valence-corrected chi connectivity index (χ0v) is 19.8. The number of fused-ring (bicyclic) bond motifs is 1. The zero-order chi connectivity index (χ0) is 23.2. The average Bonchev–Trinajstić information content (AvgIpc) is 3.43. The molecule has 0 spiro atoms. The molecule has 168 valence electrons. The quantitative estimate of drug-likeness (QED) is 0.152. The van der Waals surface area contributed by atoms with Crippen molar-refractivity contribution in [1.29, 1.82) is 0 Å². The molecule has 8 nitrogen and oxygen atoms in total. The number of carbonyl (C=O) groups excluding carboxylic acids is 2. The standard InChI is InChI=1S/C24H20IN3O5/c1-31-24(30)22-11-10-17(33-22)14-28-13-16(18-6-2-4-8-20(18)28)12-26-27-23(29)15-32-21-9-5-3-7-19(21)25/h2-13H,14-15H2,1H3,(H,27,29)/b26-12+. The molecule has 0 aliphatic rings. The lowest BCUT2D eigenvalue weighted by Crippen LogP contribution is -2.24. The van der Waals surface area contributed by atoms with Gasteiger partial charge in [-0.05, 0) is 52.9 Å². The van der Waals surface area contributed by atoms with Crippen LogP contribution in [-0.2, 0) is 16.1 Å². The Morgan fingerprint density at radius 1 is 1.12 bits per heavy atom. The van der Waals surface area contributed by atoms with Crippen LogP contribution in [-0.4, -0.2) is 36.4 Å². The van der Waals surface area contributed by atoms with E-state index in [1.54, 1.807) is 24.4 Å². The van der Waals surface area contributed by atoms with E-state index in [0.717, 1.165) is 20.0 Å². The van der Waals surface area contributed by atoms with Crippen molar-refractivity contribution >= 4 is 51.6 Å². The van der Waals surface area contributed by atoms with E-state index in [9.17, 15) is 9.59 Å². The summed E-state index contributed by atoms with van der Waals surface area (Å²) >= 11 is 2.15. The summed E-state index contributed by atoms with van der Waals surface area (Å²) in [5.41, 5.74) is 4.28. The van der Waals surface area contributed by atoms with Gasteiger partial charge in [-0.3, -0.25) is 4.79 Å². The third kappa shape index (κ3) is 5.43. The molecule has 33 heavy (non-hydrogen) atoms. The summed E-state index contributed by atoms with van der Waals surface area (Å²) in [5, 5.41) is 5.04. The van der Waals surface area contributed by atoms with Crippen LogP contribution < -0.4 is 10.2 Å². The van der Waals surface area contributed by atoms with Crippen LogP contribution in [0.15, 0.2) is 76.4 Å². The maximum absolute atomic E-state index is 12.1. The second-order valence-electron chi connectivity index (χ2n) is 7.00. The van der Waals surface area contributed by atoms with Crippen LogP contribution in [0.5, 0.6) is 5.75 Å². The number of furan rings is 1. The molecule has 9 heteroatoms. The number of hydrogen-bond donors (Lipinski definition) is 1. The van der Waals surface area contributed by atoms with E-state index >= 15 is 0 Å². The lowest BCUT2D eigenvalue weighted by molar-refractivity contribution is -0.123. The Kier molecular flexibility index (Phi) is 7.08. The van der Waals surface area contributed by atoms with Crippen LogP contribution in [0.3, 0.4) is 0 Å². The van der Waals surface area contributed by atoms with Gasteiger partial charge < -0.3 is 18.5 Å². The average molecular weight is 557 g/mol. The third-order valence-corrected chi connectivity index (χ3v) is 5.67. The van der Waals surface area contributed by atoms with E-state index in [1.807, 2.05) is 53.2 Å². The number of benzene rings is 2. The lowest BCUT2D eigenvalue weighted by Gasteiger charge is -2.06. The Morgan fingerprint density at radius 3 is 2.73 bits per heavy atom. The Labute approximate surface area is 203 Å². The first-order valence-electron chi connectivity index (χ1n) is 9.99. The molecule has 0 unspecified atom stereocenters. The number of carbonyl (C=O) groups is 2. The van der Waals surface area contributed by atoms with Crippen molar-refractivity contribution in [3.05, 3.63) is 87.5 Å². The molecule has 4 rings (SSSR count). The highest BCUT2D eigenvalue weighted by molar-refractivity contribution is 14.1. The molecule has 0 radical (unpaired) electrons. The van der Waals surface area contributed by atoms with Crippen LogP contribution in [0.4, 0.5) is 0 Å². The number of nitrogens with zero attached hydrogens (tertiary/aromatic N) is 2. The SMILES string of the molecule is COC(=O)c1ccc(Cn2cc(/C=N/NC(=O)COc3ccccc3I)c3ccccc32)o1. The smallest absolute Gasteiger partial charge is 0.373 e. The maximum atomic E-state index is 12.1. The highest BCUT2D eigenvalue weighted by Gasteiger charge is 2.13. The minimum absolute atomic E-state index is 0.139. The van der Waals surface area contributed by atoms with Crippen molar-refractivity contribution in [3.63, 3.8) is 0 Å². The third-order valence-electron chi connectivity index (χ3n) is 4.78. The van der Waals surface area contributed by atoms with Gasteiger partial charge in [0, 0.05) is 22.7 Å². The number of ether oxygens (including phenoxy) is 2. The van der Waals surface area contributed by atoms with Crippen molar-refractivity contribution in [2.24, 2.45) is 5.10 Å². The molecular formula is C24H20IN3O5. The first-order valence-corrected chi connectivity index (χ1v) is 11.1. The molecule has 2 heterocycles. The van der Waals surface area contributed by atoms with Gasteiger partial charge in [-0.1, -0.05) is 30.3 Å². The second kappa shape index (κ2) is 10.3. The number of hydrazone groups is 1. The summed E-state index contributed by atoms with van der Waals surface area (Å²) in [6, 6.07) is 18.6. The minimum Gasteiger partial charge on any atom is -0.483 e. The molecule has 2 aromatic heterocycles. The number of rotatable bonds is 8. The van der Waals surface area contributed by atoms with Gasteiger partial charge in [0.05, 0.1) is 23.4 Å². The second-order valence-corrected chi connectivity index (χ2v) is 8.16. The zero-order valence-electron chi connectivity index (χ0n) is 17.7. The van der Waals surface area contributed by atoms with E-state index in [0.29, 0.717) is 18.1 Å². The summed E-state index contributed by atoms with van der Waals surface area (Å²) in [7, 11) is 1.31. The van der Waals surface area contributed by atoms with Gasteiger partial charge in [-0.15, -0.1) is 0 Å². The monoisotopic (exact) mass is 557 g/mol. The molecule has 0 saturated carbocycles. The highest BCUT2D eigenvalue weighted by Crippen LogP contribution is 2.22. The number of halogens is 1. The predicted octanol–water partition coefficient (Wildman–Crippen LogP) is 4.20. The summed E-state index contributed by atoms with van der Waals surface area (Å²) in [6.07, 6.45) is 3.49. The summed E-state index contributed by atoms with van der Waals surface area (Å²) in [5.74, 6) is 0.531. The first kappa shape index (κ1) is 22.6. The van der Waals surface area contributed by atoms with E-state index in [-0.39, 0.29) is 18.3 Å². The molecule has 1 N–H and O–H groups in total. The Hall–Kier alpha value is -3.60. The molecule has 0 bridgehead atoms. The van der Waals surface area contributed by atoms with Crippen LogP contribution in [0, 0.1) is 3.57 Å². The maximum Gasteiger partial charge on any atom is 0.373 e. The van der Waals surface area contributed by atoms with Crippen LogP contribution in [0.1, 0.15) is 21.9 Å². The van der Waals surface area contributed by atoms with Crippen molar-refractivity contribution < 1.29 is 23.5 Å². The molecular weight excluding hydrogens is 537 g/mol. The molecule has 0 aliphatic heterocycles. The number of methoxy groups -OCH3 is 1. The molecule has 0 aliphatic carbocycles. The van der Waals surface area contributed by atoms with Crippen LogP contribution in [0.25, 0.3) is 10.9 Å². The Morgan fingerprint density at radius 2 is 1.91 bits per heavy atom. The molecule has 0 fully saturated rings. The summed E-state index contributed by atoms with van der Waals surface area (Å²) < 4.78 is 18.7. The topological polar surface area (TPSA) is 95.1 Å². The Bertz CT molecular complexity index is 1320. The minimum atomic E-state index is -0.520. The normalized spacial score (nSPS) is 11.1. The summed E-state index contributed by atoms with van der Waals surface area (Å²) in [4.78, 5) is 23.7. The van der Waals surface area contributed by atoms with Gasteiger partial charge in [0.2, 0.25) is 5.76 Å². The predicted molar refractivity (Wildman–Crippen MR) is 131 cm³/mol. The van der Waals surface area contributed by atoms with E-state index in [4.69, 9.17) is 9.15 Å². The van der Waals surface area contributed by atoms with Gasteiger partial charge in [0.25, 0.3) is 5.91 Å². The number of hydrogen-bond acceptors (Lipinski definition) is 6. The van der Waals surface area contributed by atoms with Crippen molar-refractivity contribution in [2.75, 3.05) is 13.7 Å². The fraction of sp³-hybridized carbons (Fsp3) is 0.125. The van der Waals surface area contributed by atoms with Crippen LogP contribution in [0.2, 0.25) is 0 Å². The van der Waals surface area contributed by atoms with E-state index in [2.05, 4.69) is 37.9 Å². The van der Waals surface area contributed by atoms with Gasteiger partial charge >= 0.3 is 5.97 Å². The van der Waals surface area contributed by atoms with Crippen molar-refractivity contribution in [2.45, 2.75) is 6.54 Å². The molecule has 0 saturated heterocycles. The van der Waals surface area contributed by atoms with Crippen LogP contribution >= 0.6 is 22.6 Å². The van der Waals surface area contributed by atoms with Gasteiger partial charge in [-0.25, -0.2) is 10.2 Å². The number of nitrogens with one attached hydrogen (secondary N) is 1. The Balaban J connectivity index is 1.44. The number of para-hydroxylation sites is 2. The molecule has 0 atom stereocenters. The number of aromatic nitrogens is 1. The first-order chi connectivity index (χ1) is 16.0. The van der Waals surface area contributed by atoms with Crippen molar-refractivity contribution in [1.82, 2.24) is 9.99 Å². The van der Waals surface area contributed by atoms with Crippen molar-refractivity contribution in [3.8, 4) is 5.75 Å². The molecule has 1 amide bonds. The number of amides is 1. The van der Waals surface area contributed by atoms with Gasteiger partial charge in [0.1, 0.15) is 11.5 Å².